The number of amides is 3. The van der Waals surface area contributed by atoms with Crippen molar-refractivity contribution in [3.05, 3.63) is 64.7 Å². The van der Waals surface area contributed by atoms with Crippen molar-refractivity contribution >= 4 is 29.3 Å². The maximum atomic E-state index is 13.1. The average Bonchev–Trinajstić information content (AvgIpc) is 2.86. The molecule has 194 valence electrons. The number of carbonyl (C=O) groups excluding carboxylic acids is 3. The van der Waals surface area contributed by atoms with Crippen LogP contribution in [-0.2, 0) is 20.7 Å². The van der Waals surface area contributed by atoms with Crippen LogP contribution < -0.4 is 15.4 Å². The molecular formula is C27H34ClN3O5. The number of ether oxygens (including phenoxy) is 2. The molecule has 9 heteroatoms. The lowest BCUT2D eigenvalue weighted by atomic mass is 10.1. The zero-order valence-corrected chi connectivity index (χ0v) is 21.8. The highest BCUT2D eigenvalue weighted by atomic mass is 35.5. The first-order chi connectivity index (χ1) is 17.2. The van der Waals surface area contributed by atoms with E-state index in [9.17, 15) is 14.4 Å². The molecular weight excluding hydrogens is 482 g/mol. The van der Waals surface area contributed by atoms with Crippen LogP contribution in [0.15, 0.2) is 48.5 Å². The zero-order valence-electron chi connectivity index (χ0n) is 21.0. The van der Waals surface area contributed by atoms with Gasteiger partial charge in [0, 0.05) is 25.2 Å². The number of rotatable bonds is 4. The first-order valence-electron chi connectivity index (χ1n) is 12.1. The molecule has 0 fully saturated rings. The lowest BCUT2D eigenvalue weighted by Gasteiger charge is -2.31. The van der Waals surface area contributed by atoms with Gasteiger partial charge in [0.1, 0.15) is 18.0 Å². The summed E-state index contributed by atoms with van der Waals surface area (Å²) in [6.07, 6.45) is 1.74. The summed E-state index contributed by atoms with van der Waals surface area (Å²) in [5, 5.41) is 6.34. The Morgan fingerprint density at radius 3 is 2.64 bits per heavy atom. The van der Waals surface area contributed by atoms with Crippen molar-refractivity contribution in [2.45, 2.75) is 44.8 Å². The van der Waals surface area contributed by atoms with Gasteiger partial charge >= 0.3 is 0 Å². The Labute approximate surface area is 217 Å². The third-order valence-electron chi connectivity index (χ3n) is 6.10. The topological polar surface area (TPSA) is 97.0 Å². The number of hydrogen-bond donors (Lipinski definition) is 2. The van der Waals surface area contributed by atoms with Gasteiger partial charge < -0.3 is 25.0 Å². The minimum atomic E-state index is -1.06. The van der Waals surface area contributed by atoms with Gasteiger partial charge in [0.2, 0.25) is 5.91 Å². The van der Waals surface area contributed by atoms with Crippen molar-refractivity contribution in [1.82, 2.24) is 15.5 Å². The van der Waals surface area contributed by atoms with Gasteiger partial charge in [-0.25, -0.2) is 0 Å². The molecule has 3 amide bonds. The van der Waals surface area contributed by atoms with Gasteiger partial charge in [-0.2, -0.15) is 0 Å². The smallest absolute Gasteiger partial charge is 0.255 e. The van der Waals surface area contributed by atoms with E-state index in [1.807, 2.05) is 30.3 Å². The number of fused-ring (bicyclic) bond motifs is 1. The molecule has 0 aliphatic carbocycles. The number of nitrogens with zero attached hydrogens (tertiary/aromatic N) is 1. The fourth-order valence-electron chi connectivity index (χ4n) is 3.94. The van der Waals surface area contributed by atoms with Gasteiger partial charge in [-0.15, -0.1) is 0 Å². The first kappa shape index (κ1) is 27.5. The number of halogens is 1. The third kappa shape index (κ3) is 7.70. The monoisotopic (exact) mass is 515 g/mol. The van der Waals surface area contributed by atoms with Crippen LogP contribution in [-0.4, -0.2) is 67.6 Å². The van der Waals surface area contributed by atoms with E-state index in [0.717, 1.165) is 5.56 Å². The largest absolute Gasteiger partial charge is 0.491 e. The van der Waals surface area contributed by atoms with Crippen molar-refractivity contribution in [2.24, 2.45) is 0 Å². The maximum Gasteiger partial charge on any atom is 0.255 e. The molecule has 2 aromatic rings. The van der Waals surface area contributed by atoms with Gasteiger partial charge in [-0.1, -0.05) is 41.9 Å². The zero-order chi connectivity index (χ0) is 26.1. The lowest BCUT2D eigenvalue weighted by Crippen LogP contribution is -2.52. The van der Waals surface area contributed by atoms with Crippen LogP contribution in [0.4, 0.5) is 0 Å². The molecule has 3 rings (SSSR count). The molecule has 36 heavy (non-hydrogen) atoms. The molecule has 0 saturated carbocycles. The Morgan fingerprint density at radius 2 is 1.92 bits per heavy atom. The number of nitrogens with one attached hydrogen (secondary N) is 2. The molecule has 0 radical (unpaired) electrons. The summed E-state index contributed by atoms with van der Waals surface area (Å²) in [6.45, 7) is 4.14. The van der Waals surface area contributed by atoms with Crippen molar-refractivity contribution in [3.8, 4) is 5.75 Å². The number of benzene rings is 2. The lowest BCUT2D eigenvalue weighted by molar-refractivity contribution is -0.153. The fraction of sp³-hybridized carbons (Fsp3) is 0.444. The van der Waals surface area contributed by atoms with E-state index in [4.69, 9.17) is 21.1 Å². The van der Waals surface area contributed by atoms with Crippen molar-refractivity contribution in [2.75, 3.05) is 33.4 Å². The van der Waals surface area contributed by atoms with E-state index in [1.54, 1.807) is 32.0 Å². The second-order valence-corrected chi connectivity index (χ2v) is 9.75. The Morgan fingerprint density at radius 1 is 1.17 bits per heavy atom. The van der Waals surface area contributed by atoms with Crippen molar-refractivity contribution in [1.29, 1.82) is 0 Å². The molecule has 1 heterocycles. The average molecular weight is 516 g/mol. The highest BCUT2D eigenvalue weighted by Crippen LogP contribution is 2.23. The molecule has 8 nitrogen and oxygen atoms in total. The highest BCUT2D eigenvalue weighted by Gasteiger charge is 2.33. The number of methoxy groups -OCH3 is 1. The summed E-state index contributed by atoms with van der Waals surface area (Å²) < 4.78 is 11.4. The minimum absolute atomic E-state index is 0.102. The summed E-state index contributed by atoms with van der Waals surface area (Å²) in [6, 6.07) is 14.2. The summed E-state index contributed by atoms with van der Waals surface area (Å²) in [7, 11) is 1.47. The van der Waals surface area contributed by atoms with E-state index in [1.165, 1.54) is 12.0 Å². The molecule has 0 spiro atoms. The molecule has 1 aliphatic heterocycles. The molecule has 2 aromatic carbocycles. The van der Waals surface area contributed by atoms with E-state index in [0.29, 0.717) is 48.7 Å². The Balaban J connectivity index is 1.87. The quantitative estimate of drug-likeness (QED) is 0.651. The fourth-order valence-corrected chi connectivity index (χ4v) is 4.11. The summed E-state index contributed by atoms with van der Waals surface area (Å²) in [5.41, 5.74) is 0.290. The van der Waals surface area contributed by atoms with Crippen LogP contribution in [0.25, 0.3) is 0 Å². The molecule has 0 aromatic heterocycles. The first-order valence-corrected chi connectivity index (χ1v) is 12.5. The molecule has 1 atom stereocenters. The van der Waals surface area contributed by atoms with Gasteiger partial charge in [-0.05, 0) is 56.9 Å². The standard InChI is InChI=1S/C27H34ClN3O5/c1-27(2,35-3)26(34)31-14-8-7-13-29-25(33)22-16-20(28)11-12-23(22)36-18-21(30-24(32)17-31)15-19-9-5-4-6-10-19/h4-6,9-12,16,21H,7-8,13-15,17-18H2,1-3H3,(H,29,33)(H,30,32)/t21-/m0/s1. The van der Waals surface area contributed by atoms with Gasteiger partial charge in [0.15, 0.2) is 0 Å². The second-order valence-electron chi connectivity index (χ2n) is 9.31. The summed E-state index contributed by atoms with van der Waals surface area (Å²) >= 11 is 6.15. The van der Waals surface area contributed by atoms with Crippen LogP contribution in [0.1, 0.15) is 42.6 Å². The normalized spacial score (nSPS) is 18.1. The van der Waals surface area contributed by atoms with Crippen LogP contribution in [0, 0.1) is 0 Å². The maximum absolute atomic E-state index is 13.1. The third-order valence-corrected chi connectivity index (χ3v) is 6.34. The molecule has 2 N–H and O–H groups in total. The molecule has 0 saturated heterocycles. The summed E-state index contributed by atoms with van der Waals surface area (Å²) in [4.78, 5) is 40.6. The van der Waals surface area contributed by atoms with Crippen LogP contribution in [0.2, 0.25) is 5.02 Å². The van der Waals surface area contributed by atoms with Gasteiger partial charge in [-0.3, -0.25) is 14.4 Å². The van der Waals surface area contributed by atoms with Crippen LogP contribution in [0.3, 0.4) is 0 Å². The van der Waals surface area contributed by atoms with E-state index in [2.05, 4.69) is 10.6 Å². The Kier molecular flexibility index (Phi) is 9.73. The Hall–Kier alpha value is -3.10. The highest BCUT2D eigenvalue weighted by molar-refractivity contribution is 6.31. The Bertz CT molecular complexity index is 1060. The van der Waals surface area contributed by atoms with E-state index < -0.39 is 11.6 Å². The molecule has 0 unspecified atom stereocenters. The van der Waals surface area contributed by atoms with Crippen molar-refractivity contribution < 1.29 is 23.9 Å². The van der Waals surface area contributed by atoms with Crippen LogP contribution in [0.5, 0.6) is 5.75 Å². The predicted octanol–water partition coefficient (Wildman–Crippen LogP) is 3.22. The SMILES string of the molecule is COC(C)(C)C(=O)N1CCCCNC(=O)c2cc(Cl)ccc2OC[C@H](Cc2ccccc2)NC(=O)C1. The van der Waals surface area contributed by atoms with Gasteiger partial charge in [0.05, 0.1) is 18.2 Å². The minimum Gasteiger partial charge on any atom is -0.491 e. The van der Waals surface area contributed by atoms with Crippen molar-refractivity contribution in [3.63, 3.8) is 0 Å². The predicted molar refractivity (Wildman–Crippen MR) is 138 cm³/mol. The molecule has 1 aliphatic rings. The second kappa shape index (κ2) is 12.7. The van der Waals surface area contributed by atoms with E-state index >= 15 is 0 Å². The summed E-state index contributed by atoms with van der Waals surface area (Å²) in [5.74, 6) is -0.469. The number of hydrogen-bond acceptors (Lipinski definition) is 5. The van der Waals surface area contributed by atoms with Crippen LogP contribution >= 0.6 is 11.6 Å². The molecule has 0 bridgehead atoms. The van der Waals surface area contributed by atoms with Gasteiger partial charge in [0.25, 0.3) is 11.8 Å². The van der Waals surface area contributed by atoms with E-state index in [-0.39, 0.29) is 30.9 Å². The number of carbonyl (C=O) groups is 3.